The molecular weight excluding hydrogens is 409 g/mol. The fourth-order valence-electron chi connectivity index (χ4n) is 2.18. The largest absolute Gasteiger partial charge is 0.376 e. The average Bonchev–Trinajstić information content (AvgIpc) is 3.05. The topological polar surface area (TPSA) is 79.8 Å². The minimum atomic E-state index is -0.291. The van der Waals surface area contributed by atoms with Crippen LogP contribution in [0.5, 0.6) is 0 Å². The molecule has 2 N–H and O–H groups in total. The molecule has 0 radical (unpaired) electrons. The van der Waals surface area contributed by atoms with E-state index in [0.717, 1.165) is 23.0 Å². The Morgan fingerprint density at radius 1 is 1.35 bits per heavy atom. The maximum Gasteiger partial charge on any atom is 0.271 e. The normalized spacial score (nSPS) is 17.8. The third-order valence-electron chi connectivity index (χ3n) is 3.42. The summed E-state index contributed by atoms with van der Waals surface area (Å²) in [5.74, 6) is -0.411. The number of nitrogens with one attached hydrogen (secondary N) is 2. The number of hydrogen-bond acceptors (Lipinski definition) is 4. The van der Waals surface area contributed by atoms with Crippen molar-refractivity contribution < 1.29 is 14.3 Å². The lowest BCUT2D eigenvalue weighted by molar-refractivity contribution is -0.120. The molecule has 1 saturated heterocycles. The van der Waals surface area contributed by atoms with Crippen LogP contribution in [-0.2, 0) is 9.53 Å². The molecule has 0 saturated carbocycles. The van der Waals surface area contributed by atoms with Crippen LogP contribution in [0.1, 0.15) is 36.5 Å². The van der Waals surface area contributed by atoms with Gasteiger partial charge < -0.3 is 10.1 Å². The molecule has 1 aromatic carbocycles. The van der Waals surface area contributed by atoms with Gasteiger partial charge >= 0.3 is 0 Å². The molecule has 1 fully saturated rings. The third kappa shape index (κ3) is 6.26. The summed E-state index contributed by atoms with van der Waals surface area (Å²) >= 11 is 2.17. The van der Waals surface area contributed by atoms with Gasteiger partial charge in [0.2, 0.25) is 5.91 Å². The molecule has 1 aliphatic heterocycles. The van der Waals surface area contributed by atoms with E-state index >= 15 is 0 Å². The van der Waals surface area contributed by atoms with Gasteiger partial charge in [-0.15, -0.1) is 0 Å². The zero-order valence-corrected chi connectivity index (χ0v) is 15.1. The Hall–Kier alpha value is -1.48. The van der Waals surface area contributed by atoms with Crippen LogP contribution in [0.15, 0.2) is 29.4 Å². The first kappa shape index (κ1) is 17.9. The first-order chi connectivity index (χ1) is 11.0. The van der Waals surface area contributed by atoms with Crippen LogP contribution in [0.25, 0.3) is 0 Å². The first-order valence-electron chi connectivity index (χ1n) is 7.52. The lowest BCUT2D eigenvalue weighted by atomic mass is 10.2. The number of hydrazone groups is 1. The molecule has 0 spiro atoms. The minimum Gasteiger partial charge on any atom is -0.376 e. The van der Waals surface area contributed by atoms with E-state index in [9.17, 15) is 9.59 Å². The molecule has 0 unspecified atom stereocenters. The number of carbonyl (C=O) groups excluding carboxylic acids is 2. The molecule has 0 aromatic heterocycles. The van der Waals surface area contributed by atoms with E-state index in [4.69, 9.17) is 4.74 Å². The summed E-state index contributed by atoms with van der Waals surface area (Å²) in [4.78, 5) is 23.7. The summed E-state index contributed by atoms with van der Waals surface area (Å²) in [5.41, 5.74) is 3.54. The first-order valence-corrected chi connectivity index (χ1v) is 8.60. The second kappa shape index (κ2) is 8.97. The van der Waals surface area contributed by atoms with Gasteiger partial charge in [0, 0.05) is 28.0 Å². The lowest BCUT2D eigenvalue weighted by Crippen LogP contribution is -2.33. The average molecular weight is 429 g/mol. The highest BCUT2D eigenvalue weighted by Crippen LogP contribution is 2.10. The lowest BCUT2D eigenvalue weighted by Gasteiger charge is -2.10. The van der Waals surface area contributed by atoms with E-state index in [2.05, 4.69) is 38.4 Å². The molecule has 1 atom stereocenters. The number of halogens is 1. The summed E-state index contributed by atoms with van der Waals surface area (Å²) in [6, 6.07) is 7.17. The van der Waals surface area contributed by atoms with Crippen molar-refractivity contribution in [2.24, 2.45) is 5.10 Å². The predicted octanol–water partition coefficient (Wildman–Crippen LogP) is 2.08. The highest BCUT2D eigenvalue weighted by Gasteiger charge is 2.16. The van der Waals surface area contributed by atoms with Gasteiger partial charge in [-0.05, 0) is 66.6 Å². The van der Waals surface area contributed by atoms with Crippen LogP contribution in [0.3, 0.4) is 0 Å². The Balaban J connectivity index is 1.74. The monoisotopic (exact) mass is 429 g/mol. The third-order valence-corrected chi connectivity index (χ3v) is 4.14. The van der Waals surface area contributed by atoms with Crippen molar-refractivity contribution in [1.29, 1.82) is 0 Å². The molecule has 6 nitrogen and oxygen atoms in total. The van der Waals surface area contributed by atoms with Crippen molar-refractivity contribution in [3.8, 4) is 0 Å². The number of ether oxygens (including phenoxy) is 1. The molecule has 1 heterocycles. The van der Waals surface area contributed by atoms with E-state index in [0.29, 0.717) is 17.8 Å². The fourth-order valence-corrected chi connectivity index (χ4v) is 2.54. The Labute approximate surface area is 149 Å². The van der Waals surface area contributed by atoms with Crippen LogP contribution < -0.4 is 10.7 Å². The molecule has 2 rings (SSSR count). The number of amides is 2. The summed E-state index contributed by atoms with van der Waals surface area (Å²) in [7, 11) is 0. The van der Waals surface area contributed by atoms with Crippen LogP contribution in [0.2, 0.25) is 0 Å². The Bertz CT molecular complexity index is 581. The van der Waals surface area contributed by atoms with Crippen molar-refractivity contribution in [2.75, 3.05) is 13.2 Å². The van der Waals surface area contributed by atoms with Gasteiger partial charge in [-0.2, -0.15) is 5.10 Å². The quantitative estimate of drug-likeness (QED) is 0.413. The van der Waals surface area contributed by atoms with Gasteiger partial charge in [0.15, 0.2) is 0 Å². The highest BCUT2D eigenvalue weighted by atomic mass is 127. The SMILES string of the molecule is CC(CC(=O)NC[C@@H]1CCCO1)=NNC(=O)c1ccc(I)cc1. The molecule has 124 valence electrons. The fraction of sp³-hybridized carbons (Fsp3) is 0.438. The van der Waals surface area contributed by atoms with Gasteiger partial charge in [-0.25, -0.2) is 5.43 Å². The molecule has 0 bridgehead atoms. The van der Waals surface area contributed by atoms with E-state index < -0.39 is 0 Å². The number of hydrogen-bond donors (Lipinski definition) is 2. The van der Waals surface area contributed by atoms with Gasteiger partial charge in [-0.3, -0.25) is 9.59 Å². The minimum absolute atomic E-state index is 0.120. The van der Waals surface area contributed by atoms with Gasteiger partial charge in [0.05, 0.1) is 12.5 Å². The standard InChI is InChI=1S/C16H20IN3O3/c1-11(9-15(21)18-10-14-3-2-8-23-14)19-20-16(22)12-4-6-13(17)7-5-12/h4-7,14H,2-3,8-10H2,1H3,(H,18,21)(H,20,22)/t14-/m0/s1. The Morgan fingerprint density at radius 3 is 2.74 bits per heavy atom. The van der Waals surface area contributed by atoms with Crippen LogP contribution in [0, 0.1) is 3.57 Å². The molecule has 7 heteroatoms. The van der Waals surface area contributed by atoms with E-state index in [-0.39, 0.29) is 24.3 Å². The van der Waals surface area contributed by atoms with Crippen LogP contribution in [0.4, 0.5) is 0 Å². The van der Waals surface area contributed by atoms with E-state index in [1.54, 1.807) is 19.1 Å². The second-order valence-corrected chi connectivity index (χ2v) is 6.66. The smallest absolute Gasteiger partial charge is 0.271 e. The highest BCUT2D eigenvalue weighted by molar-refractivity contribution is 14.1. The zero-order valence-electron chi connectivity index (χ0n) is 13.0. The van der Waals surface area contributed by atoms with Crippen molar-refractivity contribution in [3.63, 3.8) is 0 Å². The van der Waals surface area contributed by atoms with Crippen molar-refractivity contribution in [3.05, 3.63) is 33.4 Å². The zero-order chi connectivity index (χ0) is 16.7. The predicted molar refractivity (Wildman–Crippen MR) is 96.3 cm³/mol. The molecule has 1 aromatic rings. The van der Waals surface area contributed by atoms with Gasteiger partial charge in [-0.1, -0.05) is 0 Å². The number of nitrogens with zero attached hydrogens (tertiary/aromatic N) is 1. The molecule has 1 aliphatic rings. The second-order valence-electron chi connectivity index (χ2n) is 5.41. The van der Waals surface area contributed by atoms with Gasteiger partial charge in [0.1, 0.15) is 0 Å². The van der Waals surface area contributed by atoms with E-state index in [1.165, 1.54) is 0 Å². The summed E-state index contributed by atoms with van der Waals surface area (Å²) in [6.45, 7) is 3.01. The summed E-state index contributed by atoms with van der Waals surface area (Å²) in [5, 5.41) is 6.79. The molecule has 23 heavy (non-hydrogen) atoms. The maximum atomic E-state index is 11.9. The van der Waals surface area contributed by atoms with Crippen molar-refractivity contribution in [2.45, 2.75) is 32.3 Å². The van der Waals surface area contributed by atoms with Crippen LogP contribution >= 0.6 is 22.6 Å². The van der Waals surface area contributed by atoms with Crippen molar-refractivity contribution in [1.82, 2.24) is 10.7 Å². The Morgan fingerprint density at radius 2 is 2.09 bits per heavy atom. The number of carbonyl (C=O) groups is 2. The molecule has 2 amide bonds. The summed E-state index contributed by atoms with van der Waals surface area (Å²) in [6.07, 6.45) is 2.31. The Kier molecular flexibility index (Phi) is 6.97. The van der Waals surface area contributed by atoms with Crippen LogP contribution in [-0.4, -0.2) is 36.8 Å². The van der Waals surface area contributed by atoms with Gasteiger partial charge in [0.25, 0.3) is 5.91 Å². The molecule has 0 aliphatic carbocycles. The molecular formula is C16H20IN3O3. The number of rotatable bonds is 6. The maximum absolute atomic E-state index is 11.9. The van der Waals surface area contributed by atoms with Crippen molar-refractivity contribution >= 4 is 40.1 Å². The summed E-state index contributed by atoms with van der Waals surface area (Å²) < 4.78 is 6.50. The number of benzene rings is 1. The van der Waals surface area contributed by atoms with E-state index in [1.807, 2.05) is 12.1 Å².